The molecular formula is C45H46F3N11O6S. The number of benzene rings is 2. The molecule has 5 aliphatic heterocycles. The normalized spacial score (nSPS) is 21.2. The Morgan fingerprint density at radius 2 is 1.61 bits per heavy atom. The van der Waals surface area contributed by atoms with E-state index in [0.717, 1.165) is 86.3 Å². The largest absolute Gasteiger partial charge is 0.372 e. The fraction of sp³-hybridized carbons (Fsp3) is 0.400. The number of nitrogens with zero attached hydrogens (tertiary/aromatic N) is 8. The average molecular weight is 926 g/mol. The second-order valence-electron chi connectivity index (χ2n) is 17.5. The Labute approximate surface area is 377 Å². The van der Waals surface area contributed by atoms with Crippen molar-refractivity contribution in [2.45, 2.75) is 50.9 Å². The van der Waals surface area contributed by atoms with Gasteiger partial charge in [-0.1, -0.05) is 0 Å². The number of carbonyl (C=O) groups is 4. The highest BCUT2D eigenvalue weighted by Gasteiger charge is 2.40. The van der Waals surface area contributed by atoms with E-state index >= 15 is 8.78 Å². The van der Waals surface area contributed by atoms with Crippen molar-refractivity contribution in [3.05, 3.63) is 95.1 Å². The number of nitrogens with one attached hydrogen (secondary N) is 3. The summed E-state index contributed by atoms with van der Waals surface area (Å²) in [6.07, 6.45) is 7.45. The summed E-state index contributed by atoms with van der Waals surface area (Å²) in [5.41, 5.74) is 2.34. The maximum Gasteiger partial charge on any atom is 0.301 e. The van der Waals surface area contributed by atoms with Gasteiger partial charge in [0.15, 0.2) is 5.82 Å². The van der Waals surface area contributed by atoms with E-state index < -0.39 is 63.5 Å². The zero-order chi connectivity index (χ0) is 45.9. The Balaban J connectivity index is 0.730. The molecule has 10 rings (SSSR count). The molecule has 21 heteroatoms. The van der Waals surface area contributed by atoms with E-state index in [0.29, 0.717) is 41.5 Å². The first kappa shape index (κ1) is 43.4. The third kappa shape index (κ3) is 8.34. The number of carbonyl (C=O) groups excluding carboxylic acids is 4. The van der Waals surface area contributed by atoms with Gasteiger partial charge in [0.1, 0.15) is 23.7 Å². The Morgan fingerprint density at radius 3 is 2.33 bits per heavy atom. The maximum absolute atomic E-state index is 15.7. The number of anilines is 3. The minimum atomic E-state index is -4.37. The molecule has 1 unspecified atom stereocenters. The number of rotatable bonds is 11. The number of hydrogen-bond acceptors (Lipinski definition) is 12. The molecule has 4 fully saturated rings. The van der Waals surface area contributed by atoms with Gasteiger partial charge < -0.3 is 19.7 Å². The molecule has 3 amide bonds. The van der Waals surface area contributed by atoms with E-state index in [9.17, 15) is 32.0 Å². The van der Waals surface area contributed by atoms with Crippen molar-refractivity contribution in [3.63, 3.8) is 0 Å². The highest BCUT2D eigenvalue weighted by molar-refractivity contribution is 7.90. The third-order valence-electron chi connectivity index (χ3n) is 13.4. The van der Waals surface area contributed by atoms with Crippen LogP contribution in [0.15, 0.2) is 61.2 Å². The molecule has 0 aliphatic carbocycles. The number of piperazine rings is 1. The highest BCUT2D eigenvalue weighted by atomic mass is 32.2. The van der Waals surface area contributed by atoms with Crippen molar-refractivity contribution < 1.29 is 40.8 Å². The minimum Gasteiger partial charge on any atom is -0.372 e. The van der Waals surface area contributed by atoms with Crippen LogP contribution in [0.1, 0.15) is 63.9 Å². The van der Waals surface area contributed by atoms with E-state index in [1.54, 1.807) is 29.6 Å². The lowest BCUT2D eigenvalue weighted by molar-refractivity contribution is -0.136. The Morgan fingerprint density at radius 1 is 0.848 bits per heavy atom. The minimum absolute atomic E-state index is 0.00438. The number of imide groups is 1. The van der Waals surface area contributed by atoms with Gasteiger partial charge in [0.2, 0.25) is 23.5 Å². The summed E-state index contributed by atoms with van der Waals surface area (Å²) in [6.45, 7) is 5.85. The molecule has 0 radical (unpaired) electrons. The lowest BCUT2D eigenvalue weighted by atomic mass is 9.95. The van der Waals surface area contributed by atoms with E-state index in [4.69, 9.17) is 0 Å². The molecule has 2 aromatic carbocycles. The fourth-order valence-electron chi connectivity index (χ4n) is 9.69. The number of aromatic nitrogens is 4. The SMILES string of the molecule is O=C1CCC(N2Cc3cc(N4CCC(CN5CCN(c6ncc(-c7cnc8[nH]cc(C(=O)c9c(F)ccc(NS(=O)(=O)N%10CC[C@@H](F)C%10)c9F)c8c7)cn6)CC5)CC4)ccc3C2=O)C(=O)N1. The number of ketones is 1. The summed E-state index contributed by atoms with van der Waals surface area (Å²) in [6, 6.07) is 8.60. The van der Waals surface area contributed by atoms with E-state index in [-0.39, 0.29) is 47.8 Å². The molecule has 2 atom stereocenters. The van der Waals surface area contributed by atoms with Crippen molar-refractivity contribution >= 4 is 62.1 Å². The van der Waals surface area contributed by atoms with Crippen LogP contribution in [0.3, 0.4) is 0 Å². The predicted molar refractivity (Wildman–Crippen MR) is 237 cm³/mol. The third-order valence-corrected chi connectivity index (χ3v) is 14.9. The second-order valence-corrected chi connectivity index (χ2v) is 19.2. The van der Waals surface area contributed by atoms with E-state index in [1.807, 2.05) is 16.9 Å². The number of halogens is 3. The van der Waals surface area contributed by atoms with Gasteiger partial charge in [-0.3, -0.25) is 34.1 Å². The second kappa shape index (κ2) is 17.4. The van der Waals surface area contributed by atoms with Crippen molar-refractivity contribution in [1.82, 2.24) is 39.4 Å². The van der Waals surface area contributed by atoms with Gasteiger partial charge in [0, 0.05) is 130 Å². The number of piperidine rings is 2. The van der Waals surface area contributed by atoms with Crippen LogP contribution in [0.5, 0.6) is 0 Å². The summed E-state index contributed by atoms with van der Waals surface area (Å²) in [5.74, 6) is -3.39. The molecule has 5 aliphatic rings. The molecule has 4 saturated heterocycles. The summed E-state index contributed by atoms with van der Waals surface area (Å²) < 4.78 is 73.0. The Bertz CT molecular complexity index is 2870. The molecule has 66 heavy (non-hydrogen) atoms. The molecule has 0 bridgehead atoms. The van der Waals surface area contributed by atoms with Crippen LogP contribution in [0.4, 0.5) is 30.5 Å². The van der Waals surface area contributed by atoms with Crippen LogP contribution in [0, 0.1) is 17.6 Å². The monoisotopic (exact) mass is 925 g/mol. The van der Waals surface area contributed by atoms with Crippen molar-refractivity contribution in [3.8, 4) is 11.1 Å². The zero-order valence-corrected chi connectivity index (χ0v) is 36.5. The summed E-state index contributed by atoms with van der Waals surface area (Å²) in [5, 5.41) is 2.63. The van der Waals surface area contributed by atoms with Crippen molar-refractivity contribution in [2.24, 2.45) is 5.92 Å². The molecule has 17 nitrogen and oxygen atoms in total. The molecule has 3 aromatic heterocycles. The topological polar surface area (TPSA) is 197 Å². The van der Waals surface area contributed by atoms with Crippen molar-refractivity contribution in [1.29, 1.82) is 0 Å². The number of fused-ring (bicyclic) bond motifs is 2. The number of hydrogen-bond donors (Lipinski definition) is 3. The van der Waals surface area contributed by atoms with Gasteiger partial charge in [-0.2, -0.15) is 12.7 Å². The molecule has 344 valence electrons. The van der Waals surface area contributed by atoms with E-state index in [1.165, 1.54) is 6.20 Å². The van der Waals surface area contributed by atoms with Gasteiger partial charge >= 0.3 is 10.2 Å². The molecule has 0 saturated carbocycles. The molecular weight excluding hydrogens is 880 g/mol. The molecule has 5 aromatic rings. The lowest BCUT2D eigenvalue weighted by Crippen LogP contribution is -2.52. The summed E-state index contributed by atoms with van der Waals surface area (Å²) in [7, 11) is -4.37. The van der Waals surface area contributed by atoms with E-state index in [2.05, 4.69) is 46.0 Å². The van der Waals surface area contributed by atoms with Crippen LogP contribution in [-0.4, -0.2) is 137 Å². The highest BCUT2D eigenvalue weighted by Crippen LogP contribution is 2.34. The Hall–Kier alpha value is -6.45. The number of amides is 3. The van der Waals surface area contributed by atoms with Gasteiger partial charge in [-0.25, -0.2) is 28.1 Å². The van der Waals surface area contributed by atoms with Gasteiger partial charge in [0.05, 0.1) is 11.3 Å². The predicted octanol–water partition coefficient (Wildman–Crippen LogP) is 4.03. The first-order chi connectivity index (χ1) is 31.8. The summed E-state index contributed by atoms with van der Waals surface area (Å²) in [4.78, 5) is 76.1. The maximum atomic E-state index is 15.7. The number of H-pyrrole nitrogens is 1. The summed E-state index contributed by atoms with van der Waals surface area (Å²) >= 11 is 0. The van der Waals surface area contributed by atoms with Crippen LogP contribution in [0.2, 0.25) is 0 Å². The molecule has 8 heterocycles. The van der Waals surface area contributed by atoms with Crippen LogP contribution < -0.4 is 19.8 Å². The van der Waals surface area contributed by atoms with Gasteiger partial charge in [-0.15, -0.1) is 0 Å². The van der Waals surface area contributed by atoms with Gasteiger partial charge in [-0.05, 0) is 73.6 Å². The lowest BCUT2D eigenvalue weighted by Gasteiger charge is -2.39. The Kier molecular flexibility index (Phi) is 11.5. The number of aromatic amines is 1. The molecule has 3 N–H and O–H groups in total. The van der Waals surface area contributed by atoms with Gasteiger partial charge in [0.25, 0.3) is 5.91 Å². The fourth-order valence-corrected chi connectivity index (χ4v) is 11.0. The van der Waals surface area contributed by atoms with Crippen molar-refractivity contribution in [2.75, 3.05) is 73.4 Å². The van der Waals surface area contributed by atoms with Crippen LogP contribution in [0.25, 0.3) is 22.2 Å². The quantitative estimate of drug-likeness (QED) is 0.127. The average Bonchev–Trinajstić information content (AvgIpc) is 4.04. The van der Waals surface area contributed by atoms with Crippen LogP contribution >= 0.6 is 0 Å². The number of alkyl halides is 1. The first-order valence-electron chi connectivity index (χ1n) is 22.0. The number of pyridine rings is 1. The standard InChI is InChI=1S/C45H46F3N11O6S/c46-30-9-12-58(25-30)66(64,65)54-36-4-3-35(47)39(40(36)48)41(61)34-22-50-42-33(34)18-27(19-49-42)29-20-51-45(52-21-29)57-15-13-55(14-16-57)23-26-7-10-56(11-8-26)31-1-2-32-28(17-31)24-59(44(32)63)37-5-6-38(60)53-43(37)62/h1-4,17-22,26,30,37,54H,5-16,23-25H2,(H,49,50)(H,53,60,62)/t30-,37?/m1/s1. The van der Waals surface area contributed by atoms with Crippen LogP contribution in [-0.2, 0) is 26.3 Å². The smallest absolute Gasteiger partial charge is 0.301 e. The molecule has 0 spiro atoms. The zero-order valence-electron chi connectivity index (χ0n) is 35.7. The first-order valence-corrected chi connectivity index (χ1v) is 23.5.